The largest absolute Gasteiger partial charge is 0.534 e. The standard InChI is InChI=1S/C29H39F3O3SSi/c1-2-3-7-20-37(28-8-5-4-6-9-28)21-18-26(19-22-37)24-12-10-23(11-13-24)25-14-16-27(17-15-25)35-36(33,34)29(30,31)32/h4-6,8-9,14-17,23-24,26H,2-3,7,10-13,18-22H2,1H3. The van der Waals surface area contributed by atoms with E-state index >= 15 is 0 Å². The van der Waals surface area contributed by atoms with E-state index in [9.17, 15) is 21.6 Å². The second kappa shape index (κ2) is 11.9. The second-order valence-corrected chi connectivity index (χ2v) is 17.3. The van der Waals surface area contributed by atoms with E-state index in [1.165, 1.54) is 75.2 Å². The molecule has 2 aromatic carbocycles. The van der Waals surface area contributed by atoms with Crippen LogP contribution in [0, 0.1) is 11.8 Å². The molecule has 8 heteroatoms. The predicted molar refractivity (Wildman–Crippen MR) is 145 cm³/mol. The number of hydrogen-bond acceptors (Lipinski definition) is 3. The van der Waals surface area contributed by atoms with Crippen LogP contribution in [0.4, 0.5) is 13.2 Å². The Bertz CT molecular complexity index is 1090. The fourth-order valence-corrected chi connectivity index (χ4v) is 12.5. The molecular formula is C29H39F3O3SSi. The van der Waals surface area contributed by atoms with Crippen molar-refractivity contribution in [2.75, 3.05) is 0 Å². The van der Waals surface area contributed by atoms with Crippen molar-refractivity contribution in [3.63, 3.8) is 0 Å². The lowest BCUT2D eigenvalue weighted by atomic mass is 9.72. The molecule has 0 atom stereocenters. The summed E-state index contributed by atoms with van der Waals surface area (Å²) in [6.07, 6.45) is 11.2. The molecule has 1 saturated heterocycles. The first kappa shape index (κ1) is 28.2. The van der Waals surface area contributed by atoms with E-state index in [0.717, 1.165) is 30.2 Å². The van der Waals surface area contributed by atoms with Crippen LogP contribution in [0.1, 0.15) is 76.2 Å². The van der Waals surface area contributed by atoms with Gasteiger partial charge in [-0.1, -0.05) is 105 Å². The first-order valence-electron chi connectivity index (χ1n) is 13.8. The van der Waals surface area contributed by atoms with Crippen molar-refractivity contribution in [3.05, 3.63) is 60.2 Å². The summed E-state index contributed by atoms with van der Waals surface area (Å²) in [4.78, 5) is 0. The summed E-state index contributed by atoms with van der Waals surface area (Å²) in [6.45, 7) is 2.28. The Morgan fingerprint density at radius 2 is 1.43 bits per heavy atom. The summed E-state index contributed by atoms with van der Waals surface area (Å²) in [5, 5.41) is 1.66. The number of alkyl halides is 3. The van der Waals surface area contributed by atoms with Gasteiger partial charge in [0.25, 0.3) is 0 Å². The summed E-state index contributed by atoms with van der Waals surface area (Å²) < 4.78 is 64.4. The van der Waals surface area contributed by atoms with Gasteiger partial charge in [-0.3, -0.25) is 0 Å². The molecule has 1 heterocycles. The maximum absolute atomic E-state index is 12.6. The number of halogens is 3. The molecule has 0 aromatic heterocycles. The molecule has 1 aliphatic heterocycles. The van der Waals surface area contributed by atoms with Gasteiger partial charge in [-0.25, -0.2) is 0 Å². The van der Waals surface area contributed by atoms with E-state index in [-0.39, 0.29) is 5.75 Å². The average Bonchev–Trinajstić information content (AvgIpc) is 2.89. The van der Waals surface area contributed by atoms with Crippen molar-refractivity contribution in [1.82, 2.24) is 0 Å². The Hall–Kier alpha value is -1.80. The summed E-state index contributed by atoms with van der Waals surface area (Å²) in [6, 6.07) is 21.7. The van der Waals surface area contributed by atoms with Crippen molar-refractivity contribution in [3.8, 4) is 5.75 Å². The highest BCUT2D eigenvalue weighted by molar-refractivity contribution is 7.88. The van der Waals surface area contributed by atoms with E-state index < -0.39 is 23.7 Å². The molecule has 1 saturated carbocycles. The molecule has 0 N–H and O–H groups in total. The zero-order valence-electron chi connectivity index (χ0n) is 21.7. The van der Waals surface area contributed by atoms with Crippen molar-refractivity contribution in [2.24, 2.45) is 11.8 Å². The highest BCUT2D eigenvalue weighted by Crippen LogP contribution is 2.46. The molecule has 4 rings (SSSR count). The maximum atomic E-state index is 12.6. The third kappa shape index (κ3) is 6.80. The minimum atomic E-state index is -5.64. The van der Waals surface area contributed by atoms with Gasteiger partial charge in [0.2, 0.25) is 0 Å². The minimum Gasteiger partial charge on any atom is -0.376 e. The van der Waals surface area contributed by atoms with Gasteiger partial charge in [-0.2, -0.15) is 21.6 Å². The van der Waals surface area contributed by atoms with E-state index in [2.05, 4.69) is 41.4 Å². The molecule has 0 spiro atoms. The van der Waals surface area contributed by atoms with Gasteiger partial charge < -0.3 is 4.18 Å². The molecule has 2 aromatic rings. The van der Waals surface area contributed by atoms with Crippen LogP contribution in [0.2, 0.25) is 18.1 Å². The summed E-state index contributed by atoms with van der Waals surface area (Å²) >= 11 is 0. The van der Waals surface area contributed by atoms with E-state index in [4.69, 9.17) is 0 Å². The Morgan fingerprint density at radius 3 is 2.00 bits per heavy atom. The predicted octanol–water partition coefficient (Wildman–Crippen LogP) is 8.15. The number of benzene rings is 2. The van der Waals surface area contributed by atoms with Crippen molar-refractivity contribution >= 4 is 23.4 Å². The Morgan fingerprint density at radius 1 is 0.838 bits per heavy atom. The van der Waals surface area contributed by atoms with Gasteiger partial charge in [-0.15, -0.1) is 0 Å². The van der Waals surface area contributed by atoms with Crippen molar-refractivity contribution < 1.29 is 25.8 Å². The first-order chi connectivity index (χ1) is 17.6. The quantitative estimate of drug-likeness (QED) is 0.136. The van der Waals surface area contributed by atoms with E-state index in [1.54, 1.807) is 17.3 Å². The molecule has 204 valence electrons. The van der Waals surface area contributed by atoms with E-state index in [0.29, 0.717) is 5.92 Å². The topological polar surface area (TPSA) is 43.4 Å². The maximum Gasteiger partial charge on any atom is 0.534 e. The Labute approximate surface area is 221 Å². The normalized spacial score (nSPS) is 27.1. The zero-order valence-corrected chi connectivity index (χ0v) is 23.5. The second-order valence-electron chi connectivity index (χ2n) is 11.1. The van der Waals surface area contributed by atoms with Crippen LogP contribution < -0.4 is 9.37 Å². The minimum absolute atomic E-state index is 0.304. The van der Waals surface area contributed by atoms with Gasteiger partial charge in [-0.05, 0) is 61.1 Å². The highest BCUT2D eigenvalue weighted by Gasteiger charge is 2.48. The summed E-state index contributed by atoms with van der Waals surface area (Å²) in [5.41, 5.74) is -4.38. The van der Waals surface area contributed by atoms with Crippen molar-refractivity contribution in [1.29, 1.82) is 0 Å². The molecule has 0 unspecified atom stereocenters. The lowest BCUT2D eigenvalue weighted by molar-refractivity contribution is -0.0500. The van der Waals surface area contributed by atoms with Gasteiger partial charge in [0, 0.05) is 0 Å². The smallest absolute Gasteiger partial charge is 0.376 e. The average molecular weight is 553 g/mol. The first-order valence-corrected chi connectivity index (χ1v) is 17.8. The molecule has 37 heavy (non-hydrogen) atoms. The van der Waals surface area contributed by atoms with Crippen LogP contribution in [-0.2, 0) is 10.1 Å². The van der Waals surface area contributed by atoms with Crippen LogP contribution in [0.25, 0.3) is 0 Å². The summed E-state index contributed by atoms with van der Waals surface area (Å²) in [5.74, 6) is 1.62. The third-order valence-electron chi connectivity index (χ3n) is 8.91. The molecular weight excluding hydrogens is 513 g/mol. The Balaban J connectivity index is 1.31. The van der Waals surface area contributed by atoms with Crippen LogP contribution in [-0.4, -0.2) is 22.0 Å². The number of hydrogen-bond donors (Lipinski definition) is 0. The molecule has 0 amide bonds. The lowest BCUT2D eigenvalue weighted by Crippen LogP contribution is -2.50. The molecule has 0 radical (unpaired) electrons. The summed E-state index contributed by atoms with van der Waals surface area (Å²) in [7, 11) is -7.07. The molecule has 0 bridgehead atoms. The van der Waals surface area contributed by atoms with Crippen LogP contribution >= 0.6 is 0 Å². The molecule has 1 aliphatic carbocycles. The van der Waals surface area contributed by atoms with Crippen LogP contribution in [0.15, 0.2) is 54.6 Å². The van der Waals surface area contributed by atoms with Crippen LogP contribution in [0.3, 0.4) is 0 Å². The van der Waals surface area contributed by atoms with Gasteiger partial charge in [0.05, 0.1) is 8.07 Å². The SMILES string of the molecule is CCCCC[Si]1(c2ccccc2)CCC(C2CCC(c3ccc(OS(=O)(=O)C(F)(F)F)cc3)CC2)CC1. The zero-order chi connectivity index (χ0) is 26.5. The Kier molecular flexibility index (Phi) is 9.10. The van der Waals surface area contributed by atoms with E-state index in [1.807, 2.05) is 0 Å². The monoisotopic (exact) mass is 552 g/mol. The molecule has 2 aliphatic rings. The number of unbranched alkanes of at least 4 members (excludes halogenated alkanes) is 2. The number of rotatable bonds is 9. The highest BCUT2D eigenvalue weighted by atomic mass is 32.2. The lowest BCUT2D eigenvalue weighted by Gasteiger charge is -2.43. The molecule has 3 nitrogen and oxygen atoms in total. The third-order valence-corrected chi connectivity index (χ3v) is 15.3. The fourth-order valence-electron chi connectivity index (χ4n) is 6.75. The van der Waals surface area contributed by atoms with Gasteiger partial charge in [0.1, 0.15) is 5.75 Å². The van der Waals surface area contributed by atoms with Gasteiger partial charge in [0.15, 0.2) is 0 Å². The molecule has 2 fully saturated rings. The fraction of sp³-hybridized carbons (Fsp3) is 0.586. The van der Waals surface area contributed by atoms with Crippen molar-refractivity contribution in [2.45, 2.75) is 94.3 Å². The van der Waals surface area contributed by atoms with Crippen LogP contribution in [0.5, 0.6) is 5.75 Å². The van der Waals surface area contributed by atoms with Gasteiger partial charge >= 0.3 is 15.6 Å².